The lowest BCUT2D eigenvalue weighted by molar-refractivity contribution is 0.120. The maximum atomic E-state index is 12.4. The summed E-state index contributed by atoms with van der Waals surface area (Å²) in [4.78, 5) is 0. The lowest BCUT2D eigenvalue weighted by Crippen LogP contribution is -2.32. The lowest BCUT2D eigenvalue weighted by Gasteiger charge is -2.25. The van der Waals surface area contributed by atoms with Gasteiger partial charge in [-0.05, 0) is 12.5 Å². The van der Waals surface area contributed by atoms with E-state index >= 15 is 0 Å². The second kappa shape index (κ2) is 5.78. The van der Waals surface area contributed by atoms with Crippen LogP contribution in [0.2, 0.25) is 0 Å². The normalized spacial score (nSPS) is 24.5. The van der Waals surface area contributed by atoms with E-state index in [0.29, 0.717) is 11.3 Å². The molecule has 10 heteroatoms. The van der Waals surface area contributed by atoms with Crippen LogP contribution in [0.5, 0.6) is 0 Å². The average molecular weight is 353 g/mol. The first kappa shape index (κ1) is 16.6. The van der Waals surface area contributed by atoms with E-state index in [0.717, 1.165) is 6.07 Å². The Hall–Kier alpha value is -0.780. The lowest BCUT2D eigenvalue weighted by atomic mass is 10.1. The standard InChI is InChI=1S/C11H15NO6S3/c1-2-3-18-6-7-4-9(13)8-5-10(21(12,16)17)19-11(8)20(7,14)15/h2,5,7,9,13H,1,3-4,6H2,(H2,12,16,17). The Morgan fingerprint density at radius 1 is 1.57 bits per heavy atom. The molecule has 0 saturated heterocycles. The molecule has 0 aliphatic carbocycles. The van der Waals surface area contributed by atoms with E-state index in [1.807, 2.05) is 0 Å². The third kappa shape index (κ3) is 3.20. The van der Waals surface area contributed by atoms with Gasteiger partial charge < -0.3 is 9.84 Å². The summed E-state index contributed by atoms with van der Waals surface area (Å²) in [5.74, 6) is 0. The minimum atomic E-state index is -4.01. The molecule has 0 spiro atoms. The SMILES string of the molecule is C=CCOCC1CC(O)c2cc(S(N)(=O)=O)sc2S1(=O)=O. The van der Waals surface area contributed by atoms with Gasteiger partial charge in [-0.25, -0.2) is 22.0 Å². The van der Waals surface area contributed by atoms with Gasteiger partial charge in [0, 0.05) is 5.56 Å². The summed E-state index contributed by atoms with van der Waals surface area (Å²) in [6.07, 6.45) is 0.377. The van der Waals surface area contributed by atoms with Crippen molar-refractivity contribution in [3.8, 4) is 0 Å². The number of sulfonamides is 1. The molecule has 1 aromatic rings. The maximum absolute atomic E-state index is 12.4. The van der Waals surface area contributed by atoms with Gasteiger partial charge in [0.15, 0.2) is 9.84 Å². The summed E-state index contributed by atoms with van der Waals surface area (Å²) >= 11 is 0.559. The molecule has 2 atom stereocenters. The van der Waals surface area contributed by atoms with Crippen molar-refractivity contribution in [2.24, 2.45) is 5.14 Å². The molecule has 1 aromatic heterocycles. The van der Waals surface area contributed by atoms with Gasteiger partial charge in [-0.3, -0.25) is 0 Å². The molecular formula is C11H15NO6S3. The molecule has 0 radical (unpaired) electrons. The number of aliphatic hydroxyl groups is 1. The summed E-state index contributed by atoms with van der Waals surface area (Å²) in [6.45, 7) is 3.57. The van der Waals surface area contributed by atoms with E-state index in [2.05, 4.69) is 6.58 Å². The van der Waals surface area contributed by atoms with Crippen LogP contribution in [0.4, 0.5) is 0 Å². The minimum absolute atomic E-state index is 0.0483. The molecule has 2 heterocycles. The molecule has 21 heavy (non-hydrogen) atoms. The fourth-order valence-electron chi connectivity index (χ4n) is 2.05. The Morgan fingerprint density at radius 3 is 2.81 bits per heavy atom. The molecule has 118 valence electrons. The van der Waals surface area contributed by atoms with Crippen LogP contribution in [0, 0.1) is 0 Å². The van der Waals surface area contributed by atoms with Gasteiger partial charge in [0.2, 0.25) is 10.0 Å². The van der Waals surface area contributed by atoms with E-state index in [1.165, 1.54) is 6.08 Å². The van der Waals surface area contributed by atoms with Crippen LogP contribution in [-0.4, -0.2) is 40.4 Å². The summed E-state index contributed by atoms with van der Waals surface area (Å²) in [5, 5.41) is 14.1. The number of fused-ring (bicyclic) bond motifs is 1. The van der Waals surface area contributed by atoms with Gasteiger partial charge >= 0.3 is 0 Å². The second-order valence-corrected chi connectivity index (χ2v) is 9.86. The van der Waals surface area contributed by atoms with Gasteiger partial charge in [-0.1, -0.05) is 6.08 Å². The van der Waals surface area contributed by atoms with Crippen LogP contribution in [0.15, 0.2) is 27.1 Å². The quantitative estimate of drug-likeness (QED) is 0.575. The number of ether oxygens (including phenoxy) is 1. The van der Waals surface area contributed by atoms with Crippen LogP contribution in [0.25, 0.3) is 0 Å². The Bertz CT molecular complexity index is 749. The predicted octanol–water partition coefficient (Wildman–Crippen LogP) is 0.178. The smallest absolute Gasteiger partial charge is 0.247 e. The average Bonchev–Trinajstić information content (AvgIpc) is 2.82. The fourth-order valence-corrected chi connectivity index (χ4v) is 6.58. The highest BCUT2D eigenvalue weighted by Gasteiger charge is 2.41. The molecule has 3 N–H and O–H groups in total. The first-order valence-electron chi connectivity index (χ1n) is 5.95. The number of aliphatic hydroxyl groups excluding tert-OH is 1. The Labute approximate surface area is 127 Å². The zero-order valence-electron chi connectivity index (χ0n) is 10.9. The van der Waals surface area contributed by atoms with E-state index in [4.69, 9.17) is 9.88 Å². The number of thiophene rings is 1. The molecule has 2 rings (SSSR count). The molecular weight excluding hydrogens is 338 g/mol. The number of hydrogen-bond donors (Lipinski definition) is 2. The predicted molar refractivity (Wildman–Crippen MR) is 77.3 cm³/mol. The first-order valence-corrected chi connectivity index (χ1v) is 9.86. The molecule has 0 saturated carbocycles. The third-order valence-electron chi connectivity index (χ3n) is 3.06. The van der Waals surface area contributed by atoms with Crippen LogP contribution in [0.3, 0.4) is 0 Å². The largest absolute Gasteiger partial charge is 0.388 e. The van der Waals surface area contributed by atoms with E-state index < -0.39 is 31.2 Å². The van der Waals surface area contributed by atoms with E-state index in [1.54, 1.807) is 0 Å². The van der Waals surface area contributed by atoms with Crippen LogP contribution in [-0.2, 0) is 24.6 Å². The molecule has 0 bridgehead atoms. The Kier molecular flexibility index (Phi) is 4.57. The van der Waals surface area contributed by atoms with E-state index in [9.17, 15) is 21.9 Å². The molecule has 1 aliphatic heterocycles. The number of primary sulfonamides is 1. The maximum Gasteiger partial charge on any atom is 0.247 e. The fraction of sp³-hybridized carbons (Fsp3) is 0.455. The van der Waals surface area contributed by atoms with Gasteiger partial charge in [-0.15, -0.1) is 17.9 Å². The molecule has 1 aliphatic rings. The first-order chi connectivity index (χ1) is 9.67. The highest BCUT2D eigenvalue weighted by molar-refractivity contribution is 7.95. The summed E-state index contributed by atoms with van der Waals surface area (Å²) < 4.78 is 52.3. The van der Waals surface area contributed by atoms with Crippen molar-refractivity contribution < 1.29 is 26.7 Å². The highest BCUT2D eigenvalue weighted by Crippen LogP contribution is 2.42. The minimum Gasteiger partial charge on any atom is -0.388 e. The van der Waals surface area contributed by atoms with Crippen LogP contribution < -0.4 is 5.14 Å². The molecule has 0 amide bonds. The van der Waals surface area contributed by atoms with Crippen molar-refractivity contribution in [1.82, 2.24) is 0 Å². The zero-order chi connectivity index (χ0) is 15.8. The number of hydrogen-bond acceptors (Lipinski definition) is 7. The van der Waals surface area contributed by atoms with Crippen LogP contribution >= 0.6 is 11.3 Å². The van der Waals surface area contributed by atoms with Crippen LogP contribution in [0.1, 0.15) is 18.1 Å². The molecule has 2 unspecified atom stereocenters. The van der Waals surface area contributed by atoms with Gasteiger partial charge in [0.05, 0.1) is 24.6 Å². The highest BCUT2D eigenvalue weighted by atomic mass is 32.3. The van der Waals surface area contributed by atoms with Gasteiger partial charge in [0.1, 0.15) is 8.42 Å². The number of nitrogens with two attached hydrogens (primary N) is 1. The number of rotatable bonds is 5. The summed E-state index contributed by atoms with van der Waals surface area (Å²) in [6, 6.07) is 1.12. The van der Waals surface area contributed by atoms with Crippen molar-refractivity contribution in [2.45, 2.75) is 26.2 Å². The van der Waals surface area contributed by atoms with Crippen molar-refractivity contribution in [3.63, 3.8) is 0 Å². The second-order valence-electron chi connectivity index (χ2n) is 4.60. The van der Waals surface area contributed by atoms with E-state index in [-0.39, 0.29) is 33.6 Å². The molecule has 7 nitrogen and oxygen atoms in total. The number of sulfone groups is 1. The van der Waals surface area contributed by atoms with Crippen molar-refractivity contribution >= 4 is 31.2 Å². The van der Waals surface area contributed by atoms with Crippen molar-refractivity contribution in [1.29, 1.82) is 0 Å². The van der Waals surface area contributed by atoms with Gasteiger partial charge in [-0.2, -0.15) is 0 Å². The molecule has 0 aromatic carbocycles. The topological polar surface area (TPSA) is 124 Å². The Balaban J connectivity index is 2.42. The van der Waals surface area contributed by atoms with Gasteiger partial charge in [0.25, 0.3) is 0 Å². The molecule has 0 fully saturated rings. The van der Waals surface area contributed by atoms with Crippen molar-refractivity contribution in [2.75, 3.05) is 13.2 Å². The monoisotopic (exact) mass is 353 g/mol. The zero-order valence-corrected chi connectivity index (χ0v) is 13.4. The summed E-state index contributed by atoms with van der Waals surface area (Å²) in [5.41, 5.74) is 0.0870. The Morgan fingerprint density at radius 2 is 2.24 bits per heavy atom. The third-order valence-corrected chi connectivity index (χ3v) is 8.34. The van der Waals surface area contributed by atoms with Crippen molar-refractivity contribution in [3.05, 3.63) is 24.3 Å². The summed E-state index contributed by atoms with van der Waals surface area (Å²) in [7, 11) is -7.77.